The molecule has 0 radical (unpaired) electrons. The first-order valence-electron chi connectivity index (χ1n) is 6.97. The van der Waals surface area contributed by atoms with Gasteiger partial charge in [0, 0.05) is 32.2 Å². The second-order valence-corrected chi connectivity index (χ2v) is 5.56. The summed E-state index contributed by atoms with van der Waals surface area (Å²) < 4.78 is 5.73. The van der Waals surface area contributed by atoms with Gasteiger partial charge in [0.15, 0.2) is 0 Å². The molecule has 0 unspecified atom stereocenters. The third-order valence-electron chi connectivity index (χ3n) is 3.84. The SMILES string of the molecule is C[C@@H]1CN(C[C@@H]2CCCN2C(=O)CN)C[C@H](C)O1. The molecule has 2 rings (SSSR count). The van der Waals surface area contributed by atoms with Gasteiger partial charge in [0.2, 0.25) is 5.91 Å². The molecule has 0 aliphatic carbocycles. The van der Waals surface area contributed by atoms with Crippen molar-refractivity contribution in [1.82, 2.24) is 9.80 Å². The van der Waals surface area contributed by atoms with Gasteiger partial charge in [-0.2, -0.15) is 0 Å². The molecule has 3 atom stereocenters. The van der Waals surface area contributed by atoms with Crippen LogP contribution in [-0.2, 0) is 9.53 Å². The number of nitrogens with two attached hydrogens (primary N) is 1. The van der Waals surface area contributed by atoms with Gasteiger partial charge in [-0.25, -0.2) is 0 Å². The first kappa shape index (κ1) is 13.8. The summed E-state index contributed by atoms with van der Waals surface area (Å²) >= 11 is 0. The van der Waals surface area contributed by atoms with Crippen molar-refractivity contribution in [3.05, 3.63) is 0 Å². The predicted molar refractivity (Wildman–Crippen MR) is 70.2 cm³/mol. The van der Waals surface area contributed by atoms with Crippen LogP contribution < -0.4 is 5.73 Å². The van der Waals surface area contributed by atoms with Gasteiger partial charge in [0.1, 0.15) is 0 Å². The monoisotopic (exact) mass is 255 g/mol. The number of carbonyl (C=O) groups is 1. The van der Waals surface area contributed by atoms with Crippen molar-refractivity contribution in [2.45, 2.75) is 44.9 Å². The van der Waals surface area contributed by atoms with Gasteiger partial charge in [-0.05, 0) is 26.7 Å². The van der Waals surface area contributed by atoms with E-state index in [0.717, 1.165) is 39.0 Å². The molecule has 5 nitrogen and oxygen atoms in total. The average molecular weight is 255 g/mol. The van der Waals surface area contributed by atoms with E-state index in [1.165, 1.54) is 0 Å². The van der Waals surface area contributed by atoms with Gasteiger partial charge in [-0.3, -0.25) is 9.69 Å². The molecule has 104 valence electrons. The smallest absolute Gasteiger partial charge is 0.236 e. The van der Waals surface area contributed by atoms with E-state index >= 15 is 0 Å². The van der Waals surface area contributed by atoms with Crippen LogP contribution in [0.25, 0.3) is 0 Å². The summed E-state index contributed by atoms with van der Waals surface area (Å²) in [7, 11) is 0. The first-order chi connectivity index (χ1) is 8.60. The van der Waals surface area contributed by atoms with E-state index in [1.807, 2.05) is 4.90 Å². The molecule has 0 spiro atoms. The fourth-order valence-corrected chi connectivity index (χ4v) is 3.20. The summed E-state index contributed by atoms with van der Waals surface area (Å²) in [6.45, 7) is 8.11. The Morgan fingerprint density at radius 1 is 1.33 bits per heavy atom. The van der Waals surface area contributed by atoms with Crippen LogP contribution in [0.1, 0.15) is 26.7 Å². The lowest BCUT2D eigenvalue weighted by Crippen LogP contribution is -2.51. The van der Waals surface area contributed by atoms with E-state index in [1.54, 1.807) is 0 Å². The van der Waals surface area contributed by atoms with E-state index in [9.17, 15) is 4.79 Å². The van der Waals surface area contributed by atoms with Gasteiger partial charge >= 0.3 is 0 Å². The number of hydrogen-bond acceptors (Lipinski definition) is 4. The van der Waals surface area contributed by atoms with Gasteiger partial charge in [0.05, 0.1) is 18.8 Å². The predicted octanol–water partition coefficient (Wildman–Crippen LogP) is 0.0453. The number of hydrogen-bond donors (Lipinski definition) is 1. The van der Waals surface area contributed by atoms with Gasteiger partial charge in [0.25, 0.3) is 0 Å². The molecule has 2 N–H and O–H groups in total. The first-order valence-corrected chi connectivity index (χ1v) is 6.97. The van der Waals surface area contributed by atoms with Crippen molar-refractivity contribution in [2.24, 2.45) is 5.73 Å². The number of ether oxygens (including phenoxy) is 1. The molecule has 2 aliphatic rings. The molecule has 2 saturated heterocycles. The van der Waals surface area contributed by atoms with Crippen LogP contribution in [0, 0.1) is 0 Å². The molecule has 0 aromatic carbocycles. The molecule has 2 heterocycles. The summed E-state index contributed by atoms with van der Waals surface area (Å²) in [4.78, 5) is 16.1. The quantitative estimate of drug-likeness (QED) is 0.774. The second kappa shape index (κ2) is 5.99. The van der Waals surface area contributed by atoms with Crippen molar-refractivity contribution in [2.75, 3.05) is 32.7 Å². The Labute approximate surface area is 109 Å². The Balaban J connectivity index is 1.90. The zero-order valence-corrected chi connectivity index (χ0v) is 11.5. The number of rotatable bonds is 3. The van der Waals surface area contributed by atoms with Crippen LogP contribution in [0.15, 0.2) is 0 Å². The van der Waals surface area contributed by atoms with Crippen molar-refractivity contribution in [3.63, 3.8) is 0 Å². The Bertz CT molecular complexity index is 288. The minimum atomic E-state index is 0.0897. The van der Waals surface area contributed by atoms with Crippen LogP contribution in [0.4, 0.5) is 0 Å². The largest absolute Gasteiger partial charge is 0.373 e. The summed E-state index contributed by atoms with van der Waals surface area (Å²) in [6, 6.07) is 0.346. The third-order valence-corrected chi connectivity index (χ3v) is 3.84. The van der Waals surface area contributed by atoms with Crippen LogP contribution in [0.5, 0.6) is 0 Å². The molecular formula is C13H25N3O2. The number of amides is 1. The molecule has 2 fully saturated rings. The summed E-state index contributed by atoms with van der Waals surface area (Å²) in [5.74, 6) is 0.0897. The Morgan fingerprint density at radius 3 is 2.61 bits per heavy atom. The lowest BCUT2D eigenvalue weighted by molar-refractivity contribution is -0.131. The van der Waals surface area contributed by atoms with E-state index in [2.05, 4.69) is 18.7 Å². The van der Waals surface area contributed by atoms with Crippen molar-refractivity contribution in [3.8, 4) is 0 Å². The Kier molecular flexibility index (Phi) is 4.59. The maximum atomic E-state index is 11.8. The molecular weight excluding hydrogens is 230 g/mol. The Morgan fingerprint density at radius 2 is 2.00 bits per heavy atom. The lowest BCUT2D eigenvalue weighted by atomic mass is 10.1. The minimum absolute atomic E-state index is 0.0897. The number of morpholine rings is 1. The molecule has 0 bridgehead atoms. The molecule has 0 saturated carbocycles. The fourth-order valence-electron chi connectivity index (χ4n) is 3.20. The molecule has 18 heavy (non-hydrogen) atoms. The summed E-state index contributed by atoms with van der Waals surface area (Å²) in [6.07, 6.45) is 2.78. The third kappa shape index (κ3) is 3.22. The van der Waals surface area contributed by atoms with E-state index < -0.39 is 0 Å². The van der Waals surface area contributed by atoms with Crippen molar-refractivity contribution >= 4 is 5.91 Å². The van der Waals surface area contributed by atoms with Crippen molar-refractivity contribution in [1.29, 1.82) is 0 Å². The lowest BCUT2D eigenvalue weighted by Gasteiger charge is -2.38. The van der Waals surface area contributed by atoms with Crippen LogP contribution in [0.2, 0.25) is 0 Å². The van der Waals surface area contributed by atoms with Crippen LogP contribution in [0.3, 0.4) is 0 Å². The molecule has 2 aliphatic heterocycles. The highest BCUT2D eigenvalue weighted by Gasteiger charge is 2.31. The molecule has 5 heteroatoms. The van der Waals surface area contributed by atoms with Gasteiger partial charge in [-0.15, -0.1) is 0 Å². The summed E-state index contributed by atoms with van der Waals surface area (Å²) in [5, 5.41) is 0. The van der Waals surface area contributed by atoms with E-state index in [-0.39, 0.29) is 24.7 Å². The number of likely N-dealkylation sites (tertiary alicyclic amines) is 1. The minimum Gasteiger partial charge on any atom is -0.373 e. The zero-order chi connectivity index (χ0) is 13.1. The molecule has 0 aromatic heterocycles. The van der Waals surface area contributed by atoms with Crippen LogP contribution >= 0.6 is 0 Å². The summed E-state index contributed by atoms with van der Waals surface area (Å²) in [5.41, 5.74) is 5.47. The molecule has 1 amide bonds. The van der Waals surface area contributed by atoms with Gasteiger partial charge in [-0.1, -0.05) is 0 Å². The highest BCUT2D eigenvalue weighted by atomic mass is 16.5. The number of carbonyl (C=O) groups excluding carboxylic acids is 1. The highest BCUT2D eigenvalue weighted by molar-refractivity contribution is 5.78. The Hall–Kier alpha value is -0.650. The maximum Gasteiger partial charge on any atom is 0.236 e. The highest BCUT2D eigenvalue weighted by Crippen LogP contribution is 2.20. The van der Waals surface area contributed by atoms with Crippen molar-refractivity contribution < 1.29 is 9.53 Å². The molecule has 0 aromatic rings. The van der Waals surface area contributed by atoms with E-state index in [4.69, 9.17) is 10.5 Å². The maximum absolute atomic E-state index is 11.8. The standard InChI is InChI=1S/C13H25N3O2/c1-10-7-15(8-11(2)18-10)9-12-4-3-5-16(12)13(17)6-14/h10-12H,3-9,14H2,1-2H3/t10-,11+,12-/m0/s1. The van der Waals surface area contributed by atoms with E-state index in [0.29, 0.717) is 6.04 Å². The van der Waals surface area contributed by atoms with Crippen LogP contribution in [-0.4, -0.2) is 66.7 Å². The topological polar surface area (TPSA) is 58.8 Å². The average Bonchev–Trinajstić information content (AvgIpc) is 2.74. The van der Waals surface area contributed by atoms with Gasteiger partial charge < -0.3 is 15.4 Å². The number of nitrogens with zero attached hydrogens (tertiary/aromatic N) is 2. The normalized spacial score (nSPS) is 33.9. The second-order valence-electron chi connectivity index (χ2n) is 5.56. The fraction of sp³-hybridized carbons (Fsp3) is 0.923. The zero-order valence-electron chi connectivity index (χ0n) is 11.5.